The zero-order chi connectivity index (χ0) is 17.0. The third-order valence-corrected chi connectivity index (χ3v) is 3.36. The summed E-state index contributed by atoms with van der Waals surface area (Å²) in [5.41, 5.74) is 2.09. The molecule has 0 aliphatic heterocycles. The van der Waals surface area contributed by atoms with E-state index in [9.17, 15) is 18.4 Å². The lowest BCUT2D eigenvalue weighted by molar-refractivity contribution is -0.119. The highest BCUT2D eigenvalue weighted by atomic mass is 19.1. The van der Waals surface area contributed by atoms with Gasteiger partial charge in [0.1, 0.15) is 11.6 Å². The molecule has 0 aromatic heterocycles. The molecule has 2 aromatic carbocycles. The summed E-state index contributed by atoms with van der Waals surface area (Å²) in [5.74, 6) is -3.41. The predicted molar refractivity (Wildman–Crippen MR) is 81.2 cm³/mol. The van der Waals surface area contributed by atoms with E-state index in [1.54, 1.807) is 12.1 Å². The van der Waals surface area contributed by atoms with E-state index in [2.05, 4.69) is 5.32 Å². The van der Waals surface area contributed by atoms with Crippen LogP contribution >= 0.6 is 0 Å². The maximum Gasteiger partial charge on any atom is 0.341 e. The molecule has 120 valence electrons. The molecule has 0 atom stereocenters. The second-order valence-electron chi connectivity index (χ2n) is 5.00. The van der Waals surface area contributed by atoms with Gasteiger partial charge < -0.3 is 10.1 Å². The van der Waals surface area contributed by atoms with Crippen molar-refractivity contribution in [1.29, 1.82) is 0 Å². The molecule has 0 aliphatic rings. The molecule has 23 heavy (non-hydrogen) atoms. The summed E-state index contributed by atoms with van der Waals surface area (Å²) in [7, 11) is 0. The summed E-state index contributed by atoms with van der Waals surface area (Å²) in [5, 5.41) is 2.61. The largest absolute Gasteiger partial charge is 0.452 e. The Morgan fingerprint density at radius 3 is 2.57 bits per heavy atom. The van der Waals surface area contributed by atoms with E-state index in [-0.39, 0.29) is 0 Å². The summed E-state index contributed by atoms with van der Waals surface area (Å²) < 4.78 is 30.9. The molecule has 4 nitrogen and oxygen atoms in total. The molecule has 2 aromatic rings. The molecule has 6 heteroatoms. The third kappa shape index (κ3) is 4.12. The van der Waals surface area contributed by atoms with Gasteiger partial charge in [0.2, 0.25) is 0 Å². The molecule has 0 bridgehead atoms. The number of carbonyl (C=O) groups is 2. The Labute approximate surface area is 132 Å². The molecule has 2 rings (SSSR count). The third-order valence-electron chi connectivity index (χ3n) is 3.36. The van der Waals surface area contributed by atoms with Gasteiger partial charge in [0, 0.05) is 11.8 Å². The Kier molecular flexibility index (Phi) is 5.05. The van der Waals surface area contributed by atoms with Crippen LogP contribution < -0.4 is 5.32 Å². The maximum absolute atomic E-state index is 13.4. The second kappa shape index (κ2) is 7.00. The molecular formula is C17H15F2NO3. The van der Waals surface area contributed by atoms with Gasteiger partial charge in [-0.05, 0) is 43.2 Å². The highest BCUT2D eigenvalue weighted by molar-refractivity contribution is 5.96. The van der Waals surface area contributed by atoms with E-state index < -0.39 is 35.7 Å². The Morgan fingerprint density at radius 1 is 1.13 bits per heavy atom. The van der Waals surface area contributed by atoms with Crippen LogP contribution in [0.25, 0.3) is 0 Å². The fourth-order valence-corrected chi connectivity index (χ4v) is 1.94. The van der Waals surface area contributed by atoms with Crippen molar-refractivity contribution >= 4 is 17.6 Å². The number of hydrogen-bond acceptors (Lipinski definition) is 3. The van der Waals surface area contributed by atoms with E-state index in [1.165, 1.54) is 0 Å². The fourth-order valence-electron chi connectivity index (χ4n) is 1.94. The van der Waals surface area contributed by atoms with Crippen molar-refractivity contribution in [1.82, 2.24) is 0 Å². The number of aryl methyl sites for hydroxylation is 1. The molecule has 0 saturated heterocycles. The van der Waals surface area contributed by atoms with Crippen LogP contribution in [-0.4, -0.2) is 18.5 Å². The van der Waals surface area contributed by atoms with Gasteiger partial charge in [0.15, 0.2) is 6.61 Å². The molecule has 1 N–H and O–H groups in total. The van der Waals surface area contributed by atoms with Gasteiger partial charge in [-0.3, -0.25) is 4.79 Å². The van der Waals surface area contributed by atoms with Crippen molar-refractivity contribution in [3.05, 3.63) is 64.7 Å². The van der Waals surface area contributed by atoms with E-state index in [0.717, 1.165) is 23.3 Å². The number of amides is 1. The molecule has 0 spiro atoms. The minimum Gasteiger partial charge on any atom is -0.452 e. The Bertz CT molecular complexity index is 759. The van der Waals surface area contributed by atoms with Crippen molar-refractivity contribution in [3.63, 3.8) is 0 Å². The molecule has 0 saturated carbocycles. The SMILES string of the molecule is Cc1cccc(NC(=O)COC(=O)c2ccc(F)cc2F)c1C. The van der Waals surface area contributed by atoms with Crippen LogP contribution in [0, 0.1) is 25.5 Å². The number of esters is 1. The summed E-state index contributed by atoms with van der Waals surface area (Å²) in [6.07, 6.45) is 0. The van der Waals surface area contributed by atoms with Crippen LogP contribution in [0.4, 0.5) is 14.5 Å². The van der Waals surface area contributed by atoms with Crippen molar-refractivity contribution in [2.24, 2.45) is 0 Å². The number of anilines is 1. The second-order valence-corrected chi connectivity index (χ2v) is 5.00. The lowest BCUT2D eigenvalue weighted by Crippen LogP contribution is -2.22. The van der Waals surface area contributed by atoms with Gasteiger partial charge in [-0.2, -0.15) is 0 Å². The summed E-state index contributed by atoms with van der Waals surface area (Å²) in [6.45, 7) is 3.19. The van der Waals surface area contributed by atoms with Gasteiger partial charge in [0.05, 0.1) is 5.56 Å². The first-order chi connectivity index (χ1) is 10.9. The summed E-state index contributed by atoms with van der Waals surface area (Å²) >= 11 is 0. The first kappa shape index (κ1) is 16.6. The number of carbonyl (C=O) groups excluding carboxylic acids is 2. The zero-order valence-electron chi connectivity index (χ0n) is 12.7. The Hall–Kier alpha value is -2.76. The molecule has 0 radical (unpaired) electrons. The predicted octanol–water partition coefficient (Wildman–Crippen LogP) is 3.38. The number of benzene rings is 2. The van der Waals surface area contributed by atoms with Crippen LogP contribution in [0.5, 0.6) is 0 Å². The van der Waals surface area contributed by atoms with Gasteiger partial charge in [-0.1, -0.05) is 12.1 Å². The lowest BCUT2D eigenvalue weighted by atomic mass is 10.1. The topological polar surface area (TPSA) is 55.4 Å². The minimum absolute atomic E-state index is 0.425. The van der Waals surface area contributed by atoms with Crippen LogP contribution in [0.15, 0.2) is 36.4 Å². The fraction of sp³-hybridized carbons (Fsp3) is 0.176. The van der Waals surface area contributed by atoms with Crippen molar-refractivity contribution in [3.8, 4) is 0 Å². The highest BCUT2D eigenvalue weighted by Crippen LogP contribution is 2.18. The van der Waals surface area contributed by atoms with Crippen molar-refractivity contribution in [2.75, 3.05) is 11.9 Å². The van der Waals surface area contributed by atoms with Gasteiger partial charge in [-0.15, -0.1) is 0 Å². The van der Waals surface area contributed by atoms with Gasteiger partial charge in [0.25, 0.3) is 5.91 Å². The van der Waals surface area contributed by atoms with Gasteiger partial charge in [-0.25, -0.2) is 13.6 Å². The quantitative estimate of drug-likeness (QED) is 0.879. The average Bonchev–Trinajstić information content (AvgIpc) is 2.49. The number of nitrogens with one attached hydrogen (secondary N) is 1. The molecule has 1 amide bonds. The normalized spacial score (nSPS) is 10.3. The number of halogens is 2. The van der Waals surface area contributed by atoms with E-state index in [4.69, 9.17) is 4.74 Å². The molecule has 0 unspecified atom stereocenters. The highest BCUT2D eigenvalue weighted by Gasteiger charge is 2.16. The van der Waals surface area contributed by atoms with Crippen LogP contribution in [0.3, 0.4) is 0 Å². The van der Waals surface area contributed by atoms with Crippen molar-refractivity contribution in [2.45, 2.75) is 13.8 Å². The minimum atomic E-state index is -1.04. The smallest absolute Gasteiger partial charge is 0.341 e. The van der Waals surface area contributed by atoms with E-state index in [1.807, 2.05) is 19.9 Å². The average molecular weight is 319 g/mol. The molecule has 0 heterocycles. The maximum atomic E-state index is 13.4. The molecule has 0 aliphatic carbocycles. The van der Waals surface area contributed by atoms with Crippen LogP contribution in [-0.2, 0) is 9.53 Å². The van der Waals surface area contributed by atoms with Crippen LogP contribution in [0.2, 0.25) is 0 Å². The van der Waals surface area contributed by atoms with E-state index in [0.29, 0.717) is 11.8 Å². The first-order valence-electron chi connectivity index (χ1n) is 6.86. The Morgan fingerprint density at radius 2 is 1.87 bits per heavy atom. The van der Waals surface area contributed by atoms with Crippen molar-refractivity contribution < 1.29 is 23.1 Å². The van der Waals surface area contributed by atoms with Crippen LogP contribution in [0.1, 0.15) is 21.5 Å². The molecular weight excluding hydrogens is 304 g/mol. The monoisotopic (exact) mass is 319 g/mol. The number of rotatable bonds is 4. The standard InChI is InChI=1S/C17H15F2NO3/c1-10-4-3-5-15(11(10)2)20-16(21)9-23-17(22)13-7-6-12(18)8-14(13)19/h3-8H,9H2,1-2H3,(H,20,21). The van der Waals surface area contributed by atoms with Gasteiger partial charge >= 0.3 is 5.97 Å². The number of ether oxygens (including phenoxy) is 1. The summed E-state index contributed by atoms with van der Waals surface area (Å²) in [6, 6.07) is 7.90. The summed E-state index contributed by atoms with van der Waals surface area (Å²) in [4.78, 5) is 23.5. The van der Waals surface area contributed by atoms with E-state index >= 15 is 0 Å². The Balaban J connectivity index is 1.96. The lowest BCUT2D eigenvalue weighted by Gasteiger charge is -2.10. The molecule has 0 fully saturated rings. The zero-order valence-corrected chi connectivity index (χ0v) is 12.7. The first-order valence-corrected chi connectivity index (χ1v) is 6.86. The number of hydrogen-bond donors (Lipinski definition) is 1.